The molecule has 0 aromatic heterocycles. The Labute approximate surface area is 138 Å². The van der Waals surface area contributed by atoms with Gasteiger partial charge < -0.3 is 0 Å². The van der Waals surface area contributed by atoms with Crippen LogP contribution in [-0.2, 0) is 6.54 Å². The molecule has 23 heavy (non-hydrogen) atoms. The van der Waals surface area contributed by atoms with Crippen LogP contribution in [0.2, 0.25) is 0 Å². The van der Waals surface area contributed by atoms with Crippen LogP contribution in [0.1, 0.15) is 30.4 Å². The van der Waals surface area contributed by atoms with Crippen LogP contribution in [0.25, 0.3) is 0 Å². The van der Waals surface area contributed by atoms with Gasteiger partial charge in [-0.05, 0) is 37.0 Å². The molecule has 1 fully saturated rings. The Kier molecular flexibility index (Phi) is 4.77. The van der Waals surface area contributed by atoms with Crippen molar-refractivity contribution >= 4 is 0 Å². The van der Waals surface area contributed by atoms with Gasteiger partial charge in [0.25, 0.3) is 0 Å². The first-order valence-electron chi connectivity index (χ1n) is 8.11. The smallest absolute Gasteiger partial charge is 0.171 e. The third kappa shape index (κ3) is 3.62. The highest BCUT2D eigenvalue weighted by molar-refractivity contribution is 5.40. The molecule has 1 atom stereocenters. The summed E-state index contributed by atoms with van der Waals surface area (Å²) in [7, 11) is 0. The maximum atomic E-state index is 9.87. The predicted molar refractivity (Wildman–Crippen MR) is 92.4 cm³/mol. The molecule has 0 aliphatic carbocycles. The fourth-order valence-electron chi connectivity index (χ4n) is 3.04. The molecule has 0 saturated carbocycles. The van der Waals surface area contributed by atoms with Gasteiger partial charge in [-0.25, -0.2) is 0 Å². The van der Waals surface area contributed by atoms with Gasteiger partial charge in [-0.2, -0.15) is 5.26 Å². The Hall–Kier alpha value is -2.55. The minimum absolute atomic E-state index is 0.677. The summed E-state index contributed by atoms with van der Waals surface area (Å²) in [6.07, 6.45) is 3.00. The average Bonchev–Trinajstić information content (AvgIpc) is 2.63. The average molecular weight is 300 g/mol. The van der Waals surface area contributed by atoms with Crippen molar-refractivity contribution in [2.75, 3.05) is 6.54 Å². The van der Waals surface area contributed by atoms with Crippen molar-refractivity contribution in [2.24, 2.45) is 0 Å². The zero-order chi connectivity index (χ0) is 16.0. The summed E-state index contributed by atoms with van der Waals surface area (Å²) in [6.45, 7) is 1.70. The van der Waals surface area contributed by atoms with E-state index in [1.165, 1.54) is 5.56 Å². The number of nitrogens with zero attached hydrogens (tertiary/aromatic N) is 2. The van der Waals surface area contributed by atoms with E-state index in [4.69, 9.17) is 0 Å². The molecule has 0 unspecified atom stereocenters. The fourth-order valence-corrected chi connectivity index (χ4v) is 3.04. The largest absolute Gasteiger partial charge is 0.271 e. The topological polar surface area (TPSA) is 27.0 Å². The number of benzene rings is 2. The Morgan fingerprint density at radius 2 is 1.65 bits per heavy atom. The zero-order valence-electron chi connectivity index (χ0n) is 13.2. The molecule has 1 aliphatic rings. The third-order valence-electron chi connectivity index (χ3n) is 4.35. The molecular formula is C21H20N2. The Bertz CT molecular complexity index is 734. The highest BCUT2D eigenvalue weighted by atomic mass is 15.2. The summed E-state index contributed by atoms with van der Waals surface area (Å²) < 4.78 is 0. The summed E-state index contributed by atoms with van der Waals surface area (Å²) in [6, 6.07) is 22.8. The van der Waals surface area contributed by atoms with E-state index in [2.05, 4.69) is 34.9 Å². The molecule has 1 saturated heterocycles. The first-order valence-corrected chi connectivity index (χ1v) is 8.11. The first-order chi connectivity index (χ1) is 11.3. The van der Waals surface area contributed by atoms with E-state index in [-0.39, 0.29) is 0 Å². The molecule has 0 N–H and O–H groups in total. The molecule has 1 aliphatic heterocycles. The van der Waals surface area contributed by atoms with Crippen molar-refractivity contribution in [1.29, 1.82) is 5.26 Å². The van der Waals surface area contributed by atoms with E-state index in [0.29, 0.717) is 0 Å². The highest BCUT2D eigenvalue weighted by Gasteiger charge is 2.37. The van der Waals surface area contributed by atoms with Crippen LogP contribution in [0.15, 0.2) is 60.7 Å². The van der Waals surface area contributed by atoms with E-state index < -0.39 is 5.54 Å². The minimum Gasteiger partial charge on any atom is -0.271 e. The lowest BCUT2D eigenvalue weighted by molar-refractivity contribution is 0.128. The van der Waals surface area contributed by atoms with Crippen LogP contribution in [-0.4, -0.2) is 17.0 Å². The second-order valence-corrected chi connectivity index (χ2v) is 5.95. The molecule has 0 spiro atoms. The standard InChI is InChI=1S/C21H20N2/c22-18-21(15-13-19-9-3-1-4-10-19)14-7-8-16-23(21)17-20-11-5-2-6-12-20/h1-6,9-12H,7-8,14,16-17H2/t21-/m0/s1. The van der Waals surface area contributed by atoms with E-state index in [1.54, 1.807) is 0 Å². The van der Waals surface area contributed by atoms with Gasteiger partial charge in [-0.1, -0.05) is 60.4 Å². The van der Waals surface area contributed by atoms with Crippen LogP contribution in [0.4, 0.5) is 0 Å². The van der Waals surface area contributed by atoms with Crippen LogP contribution >= 0.6 is 0 Å². The van der Waals surface area contributed by atoms with Gasteiger partial charge in [0.1, 0.15) is 0 Å². The Morgan fingerprint density at radius 3 is 2.35 bits per heavy atom. The number of hydrogen-bond acceptors (Lipinski definition) is 2. The van der Waals surface area contributed by atoms with Gasteiger partial charge in [0.05, 0.1) is 6.07 Å². The first kappa shape index (κ1) is 15.3. The van der Waals surface area contributed by atoms with Gasteiger partial charge in [0.15, 0.2) is 5.54 Å². The number of rotatable bonds is 2. The van der Waals surface area contributed by atoms with Crippen LogP contribution in [0.3, 0.4) is 0 Å². The van der Waals surface area contributed by atoms with E-state index >= 15 is 0 Å². The fraction of sp³-hybridized carbons (Fsp3) is 0.286. The number of hydrogen-bond donors (Lipinski definition) is 0. The van der Waals surface area contributed by atoms with Crippen molar-refractivity contribution in [3.63, 3.8) is 0 Å². The summed E-state index contributed by atoms with van der Waals surface area (Å²) in [5.41, 5.74) is 1.52. The number of likely N-dealkylation sites (tertiary alicyclic amines) is 1. The molecule has 2 aromatic carbocycles. The predicted octanol–water partition coefficient (Wildman–Crippen LogP) is 3.99. The zero-order valence-corrected chi connectivity index (χ0v) is 13.2. The van der Waals surface area contributed by atoms with E-state index in [1.807, 2.05) is 48.5 Å². The molecule has 2 aromatic rings. The molecular weight excluding hydrogens is 280 g/mol. The van der Waals surface area contributed by atoms with Crippen LogP contribution in [0, 0.1) is 23.2 Å². The van der Waals surface area contributed by atoms with Gasteiger partial charge in [0, 0.05) is 18.7 Å². The van der Waals surface area contributed by atoms with E-state index in [9.17, 15) is 5.26 Å². The monoisotopic (exact) mass is 300 g/mol. The normalized spacial score (nSPS) is 21.0. The van der Waals surface area contributed by atoms with Crippen molar-refractivity contribution < 1.29 is 0 Å². The van der Waals surface area contributed by atoms with Gasteiger partial charge in [-0.3, -0.25) is 4.90 Å². The minimum atomic E-state index is -0.677. The SMILES string of the molecule is N#C[C@@]1(C#Cc2ccccc2)CCCCN1Cc1ccccc1. The lowest BCUT2D eigenvalue weighted by Crippen LogP contribution is -2.49. The third-order valence-corrected chi connectivity index (χ3v) is 4.35. The van der Waals surface area contributed by atoms with E-state index in [0.717, 1.165) is 37.9 Å². The van der Waals surface area contributed by atoms with Crippen LogP contribution < -0.4 is 0 Å². The second-order valence-electron chi connectivity index (χ2n) is 5.95. The maximum absolute atomic E-state index is 9.87. The molecule has 0 bridgehead atoms. The molecule has 2 nitrogen and oxygen atoms in total. The van der Waals surface area contributed by atoms with Crippen molar-refractivity contribution in [1.82, 2.24) is 4.90 Å². The lowest BCUT2D eigenvalue weighted by Gasteiger charge is -2.38. The summed E-state index contributed by atoms with van der Waals surface area (Å²) in [4.78, 5) is 2.24. The molecule has 0 amide bonds. The summed E-state index contributed by atoms with van der Waals surface area (Å²) in [5.74, 6) is 6.49. The van der Waals surface area contributed by atoms with Crippen molar-refractivity contribution in [2.45, 2.75) is 31.3 Å². The second kappa shape index (κ2) is 7.14. The van der Waals surface area contributed by atoms with Gasteiger partial charge >= 0.3 is 0 Å². The molecule has 0 radical (unpaired) electrons. The summed E-state index contributed by atoms with van der Waals surface area (Å²) in [5, 5.41) is 9.87. The van der Waals surface area contributed by atoms with Crippen molar-refractivity contribution in [3.05, 3.63) is 71.8 Å². The molecule has 1 heterocycles. The Balaban J connectivity index is 1.88. The highest BCUT2D eigenvalue weighted by Crippen LogP contribution is 2.29. The molecule has 2 heteroatoms. The molecule has 114 valence electrons. The van der Waals surface area contributed by atoms with Crippen molar-refractivity contribution in [3.8, 4) is 17.9 Å². The maximum Gasteiger partial charge on any atom is 0.171 e. The summed E-state index contributed by atoms with van der Waals surface area (Å²) >= 11 is 0. The van der Waals surface area contributed by atoms with Gasteiger partial charge in [0.2, 0.25) is 0 Å². The van der Waals surface area contributed by atoms with Gasteiger partial charge in [-0.15, -0.1) is 0 Å². The Morgan fingerprint density at radius 1 is 0.957 bits per heavy atom. The number of piperidine rings is 1. The lowest BCUT2D eigenvalue weighted by atomic mass is 9.87. The quantitative estimate of drug-likeness (QED) is 0.784. The van der Waals surface area contributed by atoms with Crippen LogP contribution in [0.5, 0.6) is 0 Å². The number of nitriles is 1. The molecule has 3 rings (SSSR count).